The van der Waals surface area contributed by atoms with Crippen molar-refractivity contribution < 1.29 is 22.8 Å². The second-order valence-electron chi connectivity index (χ2n) is 4.86. The smallest absolute Gasteiger partial charge is 0.416 e. The van der Waals surface area contributed by atoms with Gasteiger partial charge in [0.1, 0.15) is 11.4 Å². The van der Waals surface area contributed by atoms with Crippen molar-refractivity contribution >= 4 is 17.6 Å². The molecule has 0 fully saturated rings. The highest BCUT2D eigenvalue weighted by Gasteiger charge is 2.33. The van der Waals surface area contributed by atoms with Crippen LogP contribution in [0.1, 0.15) is 18.1 Å². The van der Waals surface area contributed by atoms with Crippen LogP contribution < -0.4 is 10.2 Å². The van der Waals surface area contributed by atoms with Crippen molar-refractivity contribution in [3.05, 3.63) is 63.7 Å². The molecule has 0 bridgehead atoms. The van der Waals surface area contributed by atoms with Gasteiger partial charge in [-0.25, -0.2) is 0 Å². The number of ether oxygens (including phenoxy) is 1. The average Bonchev–Trinajstić information content (AvgIpc) is 2.56. The second kappa shape index (κ2) is 7.65. The normalized spacial score (nSPS) is 11.5. The van der Waals surface area contributed by atoms with E-state index in [2.05, 4.69) is 10.5 Å². The number of benzene rings is 2. The van der Waals surface area contributed by atoms with Crippen molar-refractivity contribution in [2.75, 3.05) is 12.0 Å². The Morgan fingerprint density at radius 3 is 2.48 bits per heavy atom. The van der Waals surface area contributed by atoms with E-state index in [4.69, 9.17) is 4.74 Å². The molecule has 0 atom stereocenters. The Morgan fingerprint density at radius 2 is 1.92 bits per heavy atom. The van der Waals surface area contributed by atoms with Gasteiger partial charge in [0.25, 0.3) is 5.69 Å². The summed E-state index contributed by atoms with van der Waals surface area (Å²) < 4.78 is 43.2. The number of nitro groups is 1. The maximum Gasteiger partial charge on any atom is 0.416 e. The predicted molar refractivity (Wildman–Crippen MR) is 86.9 cm³/mol. The fourth-order valence-electron chi connectivity index (χ4n) is 1.95. The van der Waals surface area contributed by atoms with Crippen molar-refractivity contribution in [2.24, 2.45) is 5.10 Å². The number of hydrogen-bond acceptors (Lipinski definition) is 5. The molecule has 0 aromatic heterocycles. The van der Waals surface area contributed by atoms with E-state index >= 15 is 0 Å². The number of hydrogen-bond donors (Lipinski definition) is 1. The van der Waals surface area contributed by atoms with Crippen LogP contribution >= 0.6 is 0 Å². The predicted octanol–water partition coefficient (Wildman–Crippen LogP) is 4.46. The maximum atomic E-state index is 12.6. The summed E-state index contributed by atoms with van der Waals surface area (Å²) in [6.07, 6.45) is -3.27. The SMILES string of the molecule is CCOc1ccc(/C=N\Nc2ccc(C(F)(F)F)cc2[N+](=O)[O-])cc1. The Labute approximate surface area is 141 Å². The highest BCUT2D eigenvalue weighted by atomic mass is 19.4. The molecule has 0 aliphatic heterocycles. The maximum absolute atomic E-state index is 12.6. The fraction of sp³-hybridized carbons (Fsp3) is 0.188. The number of nitrogens with zero attached hydrogens (tertiary/aromatic N) is 2. The largest absolute Gasteiger partial charge is 0.494 e. The van der Waals surface area contributed by atoms with Crippen LogP contribution in [0, 0.1) is 10.1 Å². The molecule has 0 unspecified atom stereocenters. The van der Waals surface area contributed by atoms with Crippen LogP contribution in [0.25, 0.3) is 0 Å². The zero-order valence-corrected chi connectivity index (χ0v) is 13.1. The van der Waals surface area contributed by atoms with E-state index in [1.54, 1.807) is 24.3 Å². The fourth-order valence-corrected chi connectivity index (χ4v) is 1.95. The number of hydrazone groups is 1. The number of rotatable bonds is 6. The third-order valence-electron chi connectivity index (χ3n) is 3.11. The van der Waals surface area contributed by atoms with Crippen molar-refractivity contribution in [2.45, 2.75) is 13.1 Å². The van der Waals surface area contributed by atoms with Crippen molar-refractivity contribution in [1.82, 2.24) is 0 Å². The molecule has 1 N–H and O–H groups in total. The molecule has 0 radical (unpaired) electrons. The molecular formula is C16H14F3N3O3. The molecule has 0 heterocycles. The van der Waals surface area contributed by atoms with Gasteiger partial charge in [0, 0.05) is 6.07 Å². The van der Waals surface area contributed by atoms with Crippen molar-refractivity contribution in [3.8, 4) is 5.75 Å². The van der Waals surface area contributed by atoms with Crippen LogP contribution in [-0.4, -0.2) is 17.7 Å². The van der Waals surface area contributed by atoms with Gasteiger partial charge in [0.15, 0.2) is 0 Å². The van der Waals surface area contributed by atoms with Crippen molar-refractivity contribution in [1.29, 1.82) is 0 Å². The summed E-state index contributed by atoms with van der Waals surface area (Å²) >= 11 is 0. The molecule has 25 heavy (non-hydrogen) atoms. The summed E-state index contributed by atoms with van der Waals surface area (Å²) in [5.41, 5.74) is 1.13. The van der Waals surface area contributed by atoms with Crippen molar-refractivity contribution in [3.63, 3.8) is 0 Å². The summed E-state index contributed by atoms with van der Waals surface area (Å²) in [5, 5.41) is 14.8. The lowest BCUT2D eigenvalue weighted by Gasteiger charge is -2.08. The quantitative estimate of drug-likeness (QED) is 0.473. The molecular weight excluding hydrogens is 339 g/mol. The summed E-state index contributed by atoms with van der Waals surface area (Å²) in [5.74, 6) is 0.686. The Kier molecular flexibility index (Phi) is 5.58. The minimum absolute atomic E-state index is 0.139. The Hall–Kier alpha value is -3.10. The number of alkyl halides is 3. The molecule has 2 aromatic carbocycles. The van der Waals surface area contributed by atoms with Gasteiger partial charge in [-0.1, -0.05) is 0 Å². The zero-order valence-electron chi connectivity index (χ0n) is 13.1. The summed E-state index contributed by atoms with van der Waals surface area (Å²) in [4.78, 5) is 10.1. The standard InChI is InChI=1S/C16H14F3N3O3/c1-2-25-13-6-3-11(4-7-13)10-20-21-14-8-5-12(16(17,18)19)9-15(14)22(23)24/h3-10,21H,2H2,1H3/b20-10-. The van der Waals surface area contributed by atoms with Gasteiger partial charge in [0.2, 0.25) is 0 Å². The van der Waals surface area contributed by atoms with E-state index < -0.39 is 22.4 Å². The van der Waals surface area contributed by atoms with E-state index in [0.717, 1.165) is 12.1 Å². The first kappa shape index (κ1) is 18.2. The third-order valence-corrected chi connectivity index (χ3v) is 3.11. The number of nitro benzene ring substituents is 1. The van der Waals surface area contributed by atoms with Gasteiger partial charge in [-0.05, 0) is 48.9 Å². The van der Waals surface area contributed by atoms with E-state index in [1.807, 2.05) is 6.92 Å². The van der Waals surface area contributed by atoms with Gasteiger partial charge < -0.3 is 4.74 Å². The minimum atomic E-state index is -4.66. The molecule has 9 heteroatoms. The van der Waals surface area contributed by atoms with E-state index in [-0.39, 0.29) is 5.69 Å². The van der Waals surface area contributed by atoms with E-state index in [0.29, 0.717) is 24.0 Å². The number of nitrogens with one attached hydrogen (secondary N) is 1. The van der Waals surface area contributed by atoms with Crippen LogP contribution in [0.15, 0.2) is 47.6 Å². The van der Waals surface area contributed by atoms with E-state index in [1.165, 1.54) is 6.21 Å². The summed E-state index contributed by atoms with van der Waals surface area (Å²) in [6.45, 7) is 2.39. The minimum Gasteiger partial charge on any atom is -0.494 e. The molecule has 0 amide bonds. The highest BCUT2D eigenvalue weighted by Crippen LogP contribution is 2.34. The Morgan fingerprint density at radius 1 is 1.24 bits per heavy atom. The van der Waals surface area contributed by atoms with Gasteiger partial charge in [-0.2, -0.15) is 18.3 Å². The lowest BCUT2D eigenvalue weighted by Crippen LogP contribution is -2.06. The van der Waals surface area contributed by atoms with Gasteiger partial charge in [-0.15, -0.1) is 0 Å². The highest BCUT2D eigenvalue weighted by molar-refractivity contribution is 5.80. The molecule has 2 rings (SSSR count). The molecule has 6 nitrogen and oxygen atoms in total. The Balaban J connectivity index is 2.15. The van der Waals surface area contributed by atoms with Crippen LogP contribution in [0.2, 0.25) is 0 Å². The Bertz CT molecular complexity index is 774. The topological polar surface area (TPSA) is 76.8 Å². The molecule has 2 aromatic rings. The van der Waals surface area contributed by atoms with Gasteiger partial charge in [-0.3, -0.25) is 15.5 Å². The van der Waals surface area contributed by atoms with Gasteiger partial charge in [0.05, 0.1) is 23.3 Å². The van der Waals surface area contributed by atoms with Crippen LogP contribution in [-0.2, 0) is 6.18 Å². The molecule has 0 spiro atoms. The van der Waals surface area contributed by atoms with Crippen LogP contribution in [0.4, 0.5) is 24.5 Å². The lowest BCUT2D eigenvalue weighted by molar-refractivity contribution is -0.384. The van der Waals surface area contributed by atoms with Gasteiger partial charge >= 0.3 is 6.18 Å². The number of anilines is 1. The van der Waals surface area contributed by atoms with Crippen LogP contribution in [0.3, 0.4) is 0 Å². The summed E-state index contributed by atoms with van der Waals surface area (Å²) in [7, 11) is 0. The lowest BCUT2D eigenvalue weighted by atomic mass is 10.1. The molecule has 0 aliphatic carbocycles. The van der Waals surface area contributed by atoms with E-state index in [9.17, 15) is 23.3 Å². The number of halogens is 3. The first-order valence-corrected chi connectivity index (χ1v) is 7.19. The molecule has 0 aliphatic rings. The zero-order chi connectivity index (χ0) is 18.4. The first-order chi connectivity index (χ1) is 11.8. The third kappa shape index (κ3) is 4.93. The average molecular weight is 353 g/mol. The second-order valence-corrected chi connectivity index (χ2v) is 4.86. The summed E-state index contributed by atoms with van der Waals surface area (Å²) in [6, 6.07) is 9.08. The molecule has 0 saturated heterocycles. The molecule has 132 valence electrons. The monoisotopic (exact) mass is 353 g/mol. The van der Waals surface area contributed by atoms with Crippen LogP contribution in [0.5, 0.6) is 5.75 Å². The molecule has 0 saturated carbocycles. The first-order valence-electron chi connectivity index (χ1n) is 7.19.